The highest BCUT2D eigenvalue weighted by molar-refractivity contribution is 7.92. The summed E-state index contributed by atoms with van der Waals surface area (Å²) >= 11 is 0. The number of halogens is 1. The van der Waals surface area contributed by atoms with Crippen molar-refractivity contribution in [3.05, 3.63) is 24.0 Å². The zero-order chi connectivity index (χ0) is 20.0. The van der Waals surface area contributed by atoms with Gasteiger partial charge in [-0.15, -0.1) is 0 Å². The van der Waals surface area contributed by atoms with Crippen molar-refractivity contribution in [1.82, 2.24) is 5.32 Å². The van der Waals surface area contributed by atoms with E-state index in [1.165, 1.54) is 12.1 Å². The van der Waals surface area contributed by atoms with E-state index in [1.807, 2.05) is 0 Å². The number of carbonyl (C=O) groups is 2. The fourth-order valence-electron chi connectivity index (χ4n) is 2.12. The van der Waals surface area contributed by atoms with Crippen LogP contribution in [0.1, 0.15) is 40.0 Å². The fourth-order valence-corrected chi connectivity index (χ4v) is 3.25. The Kier molecular flexibility index (Phi) is 7.37. The molecule has 0 radical (unpaired) electrons. The van der Waals surface area contributed by atoms with E-state index in [1.54, 1.807) is 20.8 Å². The first kappa shape index (κ1) is 21.7. The largest absolute Gasteiger partial charge is 0.481 e. The molecule has 8 nitrogen and oxygen atoms in total. The van der Waals surface area contributed by atoms with Gasteiger partial charge in [0.1, 0.15) is 5.82 Å². The van der Waals surface area contributed by atoms with Gasteiger partial charge in [0.2, 0.25) is 10.0 Å². The Bertz CT molecular complexity index is 765. The topological polar surface area (TPSA) is 125 Å². The van der Waals surface area contributed by atoms with Gasteiger partial charge >= 0.3 is 12.0 Å². The lowest BCUT2D eigenvalue weighted by molar-refractivity contribution is -0.137. The molecule has 0 unspecified atom stereocenters. The number of rotatable bonds is 9. The van der Waals surface area contributed by atoms with E-state index in [2.05, 4.69) is 15.4 Å². The number of carbonyl (C=O) groups excluding carboxylic acids is 1. The van der Waals surface area contributed by atoms with Crippen LogP contribution in [0.15, 0.2) is 18.2 Å². The number of benzene rings is 1. The molecule has 0 aromatic heterocycles. The molecule has 4 N–H and O–H groups in total. The number of sulfonamides is 1. The van der Waals surface area contributed by atoms with Crippen molar-refractivity contribution in [2.75, 3.05) is 15.8 Å². The molecule has 0 aliphatic heterocycles. The standard InChI is InChI=1S/C16H24FN3O5S/c1-4-9-26(24,25)20-11-5-6-13(12(17)10-11)18-15(23)19-16(2,3)8-7-14(21)22/h5-6,10,20H,4,7-9H2,1-3H3,(H,21,22)(H2,18,19,23). The Hall–Kier alpha value is -2.36. The second-order valence-corrected chi connectivity index (χ2v) is 8.31. The predicted molar refractivity (Wildman–Crippen MR) is 97.2 cm³/mol. The number of carboxylic acid groups (broad SMARTS) is 1. The maximum atomic E-state index is 14.1. The van der Waals surface area contributed by atoms with Gasteiger partial charge in [-0.25, -0.2) is 17.6 Å². The summed E-state index contributed by atoms with van der Waals surface area (Å²) in [6.07, 6.45) is 0.514. The summed E-state index contributed by atoms with van der Waals surface area (Å²) in [5, 5.41) is 13.6. The quantitative estimate of drug-likeness (QED) is 0.517. The highest BCUT2D eigenvalue weighted by Crippen LogP contribution is 2.20. The average molecular weight is 389 g/mol. The maximum absolute atomic E-state index is 14.1. The van der Waals surface area contributed by atoms with E-state index in [0.29, 0.717) is 6.42 Å². The van der Waals surface area contributed by atoms with Crippen molar-refractivity contribution in [2.45, 2.75) is 45.6 Å². The highest BCUT2D eigenvalue weighted by Gasteiger charge is 2.22. The van der Waals surface area contributed by atoms with Gasteiger partial charge in [0, 0.05) is 18.0 Å². The molecule has 0 bridgehead atoms. The molecule has 2 amide bonds. The summed E-state index contributed by atoms with van der Waals surface area (Å²) in [7, 11) is -3.54. The van der Waals surface area contributed by atoms with Crippen LogP contribution in [0, 0.1) is 5.82 Å². The Balaban J connectivity index is 2.73. The predicted octanol–water partition coefficient (Wildman–Crippen LogP) is 2.74. The minimum absolute atomic E-state index is 0.0590. The summed E-state index contributed by atoms with van der Waals surface area (Å²) in [6, 6.07) is 2.85. The van der Waals surface area contributed by atoms with E-state index < -0.39 is 33.4 Å². The number of hydrogen-bond acceptors (Lipinski definition) is 4. The Morgan fingerprint density at radius 1 is 1.27 bits per heavy atom. The second-order valence-electron chi connectivity index (χ2n) is 6.47. The molecule has 0 saturated carbocycles. The first-order valence-electron chi connectivity index (χ1n) is 8.05. The Labute approximate surface area is 152 Å². The molecular weight excluding hydrogens is 365 g/mol. The molecule has 1 rings (SSSR count). The molecular formula is C16H24FN3O5S. The SMILES string of the molecule is CCCS(=O)(=O)Nc1ccc(NC(=O)NC(C)(C)CCC(=O)O)c(F)c1. The van der Waals surface area contributed by atoms with E-state index >= 15 is 0 Å². The van der Waals surface area contributed by atoms with E-state index in [4.69, 9.17) is 5.11 Å². The number of hydrogen-bond donors (Lipinski definition) is 4. The van der Waals surface area contributed by atoms with Crippen LogP contribution in [0.4, 0.5) is 20.6 Å². The van der Waals surface area contributed by atoms with Gasteiger partial charge in [-0.1, -0.05) is 6.92 Å². The Morgan fingerprint density at radius 2 is 1.92 bits per heavy atom. The third-order valence-corrected chi connectivity index (χ3v) is 4.87. The molecule has 1 aromatic rings. The van der Waals surface area contributed by atoms with Crippen LogP contribution in [0.3, 0.4) is 0 Å². The van der Waals surface area contributed by atoms with Crippen molar-refractivity contribution < 1.29 is 27.5 Å². The number of nitrogens with one attached hydrogen (secondary N) is 3. The van der Waals surface area contributed by atoms with Crippen LogP contribution in [0.25, 0.3) is 0 Å². The van der Waals surface area contributed by atoms with Gasteiger partial charge in [-0.3, -0.25) is 9.52 Å². The lowest BCUT2D eigenvalue weighted by atomic mass is 9.99. The van der Waals surface area contributed by atoms with Crippen molar-refractivity contribution in [1.29, 1.82) is 0 Å². The van der Waals surface area contributed by atoms with Crippen LogP contribution in [0.5, 0.6) is 0 Å². The number of anilines is 2. The van der Waals surface area contributed by atoms with Gasteiger partial charge in [0.25, 0.3) is 0 Å². The molecule has 0 aliphatic rings. The van der Waals surface area contributed by atoms with Gasteiger partial charge in [0.05, 0.1) is 17.1 Å². The van der Waals surface area contributed by atoms with Gasteiger partial charge in [0.15, 0.2) is 0 Å². The van der Waals surface area contributed by atoms with Gasteiger partial charge in [-0.2, -0.15) is 0 Å². The van der Waals surface area contributed by atoms with Gasteiger partial charge < -0.3 is 15.7 Å². The summed E-state index contributed by atoms with van der Waals surface area (Å²) < 4.78 is 39.7. The zero-order valence-electron chi connectivity index (χ0n) is 14.9. The highest BCUT2D eigenvalue weighted by atomic mass is 32.2. The maximum Gasteiger partial charge on any atom is 0.319 e. The van der Waals surface area contributed by atoms with Crippen molar-refractivity contribution in [2.24, 2.45) is 0 Å². The summed E-state index contributed by atoms with van der Waals surface area (Å²) in [5.41, 5.74) is -0.868. The van der Waals surface area contributed by atoms with Crippen molar-refractivity contribution >= 4 is 33.4 Å². The van der Waals surface area contributed by atoms with Crippen molar-refractivity contribution in [3.8, 4) is 0 Å². The number of urea groups is 1. The van der Waals surface area contributed by atoms with Crippen LogP contribution in [0.2, 0.25) is 0 Å². The Morgan fingerprint density at radius 3 is 2.46 bits per heavy atom. The summed E-state index contributed by atoms with van der Waals surface area (Å²) in [6.45, 7) is 5.01. The van der Waals surface area contributed by atoms with Gasteiger partial charge in [-0.05, 0) is 38.8 Å². The van der Waals surface area contributed by atoms with Crippen LogP contribution >= 0.6 is 0 Å². The van der Waals surface area contributed by atoms with E-state index in [9.17, 15) is 22.4 Å². The minimum Gasteiger partial charge on any atom is -0.481 e. The van der Waals surface area contributed by atoms with E-state index in [0.717, 1.165) is 6.07 Å². The minimum atomic E-state index is -3.54. The first-order chi connectivity index (χ1) is 11.9. The molecule has 0 saturated heterocycles. The number of amides is 2. The molecule has 146 valence electrons. The van der Waals surface area contributed by atoms with Crippen LogP contribution < -0.4 is 15.4 Å². The molecule has 26 heavy (non-hydrogen) atoms. The summed E-state index contributed by atoms with van der Waals surface area (Å²) in [4.78, 5) is 22.6. The summed E-state index contributed by atoms with van der Waals surface area (Å²) in [5.74, 6) is -1.87. The lowest BCUT2D eigenvalue weighted by Gasteiger charge is -2.25. The van der Waals surface area contributed by atoms with Crippen molar-refractivity contribution in [3.63, 3.8) is 0 Å². The molecule has 0 heterocycles. The molecule has 10 heteroatoms. The lowest BCUT2D eigenvalue weighted by Crippen LogP contribution is -2.45. The molecule has 0 atom stereocenters. The molecule has 0 fully saturated rings. The smallest absolute Gasteiger partial charge is 0.319 e. The molecule has 1 aromatic carbocycles. The number of aliphatic carboxylic acids is 1. The van der Waals surface area contributed by atoms with Crippen LogP contribution in [-0.4, -0.2) is 36.8 Å². The monoisotopic (exact) mass is 389 g/mol. The average Bonchev–Trinajstić information content (AvgIpc) is 2.47. The number of carboxylic acids is 1. The third-order valence-electron chi connectivity index (χ3n) is 3.38. The van der Waals surface area contributed by atoms with Crippen LogP contribution in [-0.2, 0) is 14.8 Å². The zero-order valence-corrected chi connectivity index (χ0v) is 15.7. The second kappa shape index (κ2) is 8.84. The molecule has 0 spiro atoms. The third kappa shape index (κ3) is 7.68. The molecule has 0 aliphatic carbocycles. The fraction of sp³-hybridized carbons (Fsp3) is 0.500. The van der Waals surface area contributed by atoms with E-state index in [-0.39, 0.29) is 30.0 Å². The normalized spacial score (nSPS) is 11.7. The first-order valence-corrected chi connectivity index (χ1v) is 9.70.